The number of carboxylic acid groups (broad SMARTS) is 1. The van der Waals surface area contributed by atoms with Gasteiger partial charge in [-0.1, -0.05) is 13.8 Å². The first kappa shape index (κ1) is 13.9. The second-order valence-electron chi connectivity index (χ2n) is 6.65. The molecule has 1 saturated heterocycles. The van der Waals surface area contributed by atoms with Crippen LogP contribution in [-0.2, 0) is 4.79 Å². The highest BCUT2D eigenvalue weighted by Gasteiger charge is 2.40. The summed E-state index contributed by atoms with van der Waals surface area (Å²) in [5, 5.41) is 9.44. The number of nitrogens with zero attached hydrogens (tertiary/aromatic N) is 1. The summed E-state index contributed by atoms with van der Waals surface area (Å²) >= 11 is 0. The number of carboxylic acids is 1. The number of likely N-dealkylation sites (tertiary alicyclic amines) is 1. The molecule has 1 aliphatic carbocycles. The van der Waals surface area contributed by atoms with Gasteiger partial charge in [-0.05, 0) is 57.4 Å². The SMILES string of the molecule is CC1CCN(C2CC(C)CCC2C(=O)O)C(C)C1. The van der Waals surface area contributed by atoms with E-state index in [-0.39, 0.29) is 12.0 Å². The van der Waals surface area contributed by atoms with Crippen LogP contribution in [0.15, 0.2) is 0 Å². The third-order valence-electron chi connectivity index (χ3n) is 5.01. The van der Waals surface area contributed by atoms with Crippen molar-refractivity contribution in [1.82, 2.24) is 4.90 Å². The van der Waals surface area contributed by atoms with Crippen LogP contribution in [0.4, 0.5) is 0 Å². The molecule has 1 N–H and O–H groups in total. The molecule has 0 amide bonds. The van der Waals surface area contributed by atoms with Gasteiger partial charge in [0.05, 0.1) is 5.92 Å². The van der Waals surface area contributed by atoms with Gasteiger partial charge in [0.1, 0.15) is 0 Å². The summed E-state index contributed by atoms with van der Waals surface area (Å²) < 4.78 is 0. The highest BCUT2D eigenvalue weighted by Crippen LogP contribution is 2.36. The van der Waals surface area contributed by atoms with Crippen molar-refractivity contribution in [2.45, 2.75) is 65.0 Å². The van der Waals surface area contributed by atoms with Crippen LogP contribution >= 0.6 is 0 Å². The Bertz CT molecular complexity index is 305. The Morgan fingerprint density at radius 3 is 2.33 bits per heavy atom. The van der Waals surface area contributed by atoms with E-state index in [4.69, 9.17) is 0 Å². The van der Waals surface area contributed by atoms with E-state index in [9.17, 15) is 9.90 Å². The van der Waals surface area contributed by atoms with Crippen LogP contribution in [0.1, 0.15) is 52.9 Å². The van der Waals surface area contributed by atoms with Crippen molar-refractivity contribution >= 4 is 5.97 Å². The molecule has 3 nitrogen and oxygen atoms in total. The topological polar surface area (TPSA) is 40.5 Å². The number of rotatable bonds is 2. The van der Waals surface area contributed by atoms with E-state index < -0.39 is 5.97 Å². The molecule has 1 saturated carbocycles. The summed E-state index contributed by atoms with van der Waals surface area (Å²) in [5.74, 6) is 0.743. The predicted octanol–water partition coefficient (Wildman–Crippen LogP) is 3.00. The van der Waals surface area contributed by atoms with Crippen molar-refractivity contribution in [2.75, 3.05) is 6.54 Å². The number of carbonyl (C=O) groups is 1. The van der Waals surface area contributed by atoms with Gasteiger partial charge >= 0.3 is 5.97 Å². The normalized spacial score (nSPS) is 42.7. The smallest absolute Gasteiger partial charge is 0.308 e. The van der Waals surface area contributed by atoms with E-state index in [1.807, 2.05) is 0 Å². The Balaban J connectivity index is 2.09. The highest BCUT2D eigenvalue weighted by atomic mass is 16.4. The van der Waals surface area contributed by atoms with E-state index in [2.05, 4.69) is 25.7 Å². The molecule has 0 spiro atoms. The summed E-state index contributed by atoms with van der Waals surface area (Å²) in [5.41, 5.74) is 0. The molecule has 1 aliphatic heterocycles. The zero-order valence-corrected chi connectivity index (χ0v) is 11.9. The fourth-order valence-electron chi connectivity index (χ4n) is 3.92. The maximum Gasteiger partial charge on any atom is 0.308 e. The van der Waals surface area contributed by atoms with Crippen LogP contribution in [-0.4, -0.2) is 34.6 Å². The fraction of sp³-hybridized carbons (Fsp3) is 0.933. The van der Waals surface area contributed by atoms with E-state index in [0.717, 1.165) is 31.7 Å². The summed E-state index contributed by atoms with van der Waals surface area (Å²) in [6.45, 7) is 7.94. The molecule has 0 aromatic heterocycles. The van der Waals surface area contributed by atoms with E-state index in [0.29, 0.717) is 12.0 Å². The van der Waals surface area contributed by atoms with Crippen LogP contribution in [0.2, 0.25) is 0 Å². The van der Waals surface area contributed by atoms with Gasteiger partial charge in [-0.3, -0.25) is 9.69 Å². The Labute approximate surface area is 111 Å². The third-order valence-corrected chi connectivity index (χ3v) is 5.01. The molecule has 0 aromatic carbocycles. The number of hydrogen-bond acceptors (Lipinski definition) is 2. The summed E-state index contributed by atoms with van der Waals surface area (Å²) in [7, 11) is 0. The third kappa shape index (κ3) is 2.87. The Kier molecular flexibility index (Phi) is 4.31. The van der Waals surface area contributed by atoms with Crippen LogP contribution in [0.5, 0.6) is 0 Å². The Hall–Kier alpha value is -0.570. The maximum absolute atomic E-state index is 11.5. The first-order valence-corrected chi connectivity index (χ1v) is 7.47. The summed E-state index contributed by atoms with van der Waals surface area (Å²) in [4.78, 5) is 14.0. The van der Waals surface area contributed by atoms with Gasteiger partial charge in [-0.2, -0.15) is 0 Å². The molecule has 2 rings (SSSR count). The fourth-order valence-corrected chi connectivity index (χ4v) is 3.92. The summed E-state index contributed by atoms with van der Waals surface area (Å²) in [6.07, 6.45) is 5.44. The Morgan fingerprint density at radius 1 is 1.06 bits per heavy atom. The van der Waals surface area contributed by atoms with Gasteiger partial charge in [-0.15, -0.1) is 0 Å². The van der Waals surface area contributed by atoms with Gasteiger partial charge in [-0.25, -0.2) is 0 Å². The van der Waals surface area contributed by atoms with Gasteiger partial charge < -0.3 is 5.11 Å². The Morgan fingerprint density at radius 2 is 1.72 bits per heavy atom. The van der Waals surface area contributed by atoms with Gasteiger partial charge in [0.25, 0.3) is 0 Å². The first-order valence-electron chi connectivity index (χ1n) is 7.47. The quantitative estimate of drug-likeness (QED) is 0.822. The molecule has 2 fully saturated rings. The molecule has 18 heavy (non-hydrogen) atoms. The van der Waals surface area contributed by atoms with Crippen LogP contribution < -0.4 is 0 Å². The van der Waals surface area contributed by atoms with Crippen molar-refractivity contribution in [1.29, 1.82) is 0 Å². The lowest BCUT2D eigenvalue weighted by molar-refractivity contribution is -0.147. The van der Waals surface area contributed by atoms with Crippen molar-refractivity contribution in [3.05, 3.63) is 0 Å². The molecular formula is C15H27NO2. The predicted molar refractivity (Wildman–Crippen MR) is 72.5 cm³/mol. The molecule has 0 bridgehead atoms. The number of aliphatic carboxylic acids is 1. The minimum atomic E-state index is -0.585. The van der Waals surface area contributed by atoms with Gasteiger partial charge in [0, 0.05) is 12.1 Å². The lowest BCUT2D eigenvalue weighted by atomic mass is 9.76. The molecule has 0 radical (unpaired) electrons. The van der Waals surface area contributed by atoms with Crippen LogP contribution in [0.3, 0.4) is 0 Å². The van der Waals surface area contributed by atoms with Crippen LogP contribution in [0, 0.1) is 17.8 Å². The maximum atomic E-state index is 11.5. The van der Waals surface area contributed by atoms with Crippen molar-refractivity contribution in [2.24, 2.45) is 17.8 Å². The lowest BCUT2D eigenvalue weighted by Gasteiger charge is -2.46. The van der Waals surface area contributed by atoms with E-state index >= 15 is 0 Å². The van der Waals surface area contributed by atoms with Gasteiger partial charge in [0.15, 0.2) is 0 Å². The zero-order chi connectivity index (χ0) is 13.3. The van der Waals surface area contributed by atoms with Crippen molar-refractivity contribution in [3.63, 3.8) is 0 Å². The average molecular weight is 253 g/mol. The minimum Gasteiger partial charge on any atom is -0.481 e. The molecular weight excluding hydrogens is 226 g/mol. The van der Waals surface area contributed by atoms with Crippen LogP contribution in [0.25, 0.3) is 0 Å². The van der Waals surface area contributed by atoms with Gasteiger partial charge in [0.2, 0.25) is 0 Å². The second kappa shape index (κ2) is 5.60. The molecule has 2 aliphatic rings. The van der Waals surface area contributed by atoms with E-state index in [1.54, 1.807) is 0 Å². The van der Waals surface area contributed by atoms with Crippen molar-refractivity contribution in [3.8, 4) is 0 Å². The average Bonchev–Trinajstić information content (AvgIpc) is 2.28. The minimum absolute atomic E-state index is 0.142. The lowest BCUT2D eigenvalue weighted by Crippen LogP contribution is -2.53. The first-order chi connectivity index (χ1) is 8.49. The molecule has 0 aromatic rings. The standard InChI is InChI=1S/C15H27NO2/c1-10-4-5-13(15(17)18)14(9-10)16-7-6-11(2)8-12(16)3/h10-14H,4-9H2,1-3H3,(H,17,18). The number of piperidine rings is 1. The van der Waals surface area contributed by atoms with E-state index in [1.165, 1.54) is 12.8 Å². The zero-order valence-electron chi connectivity index (χ0n) is 11.9. The largest absolute Gasteiger partial charge is 0.481 e. The van der Waals surface area contributed by atoms with Crippen molar-refractivity contribution < 1.29 is 9.90 Å². The molecule has 3 heteroatoms. The molecule has 5 atom stereocenters. The highest BCUT2D eigenvalue weighted by molar-refractivity contribution is 5.71. The molecule has 104 valence electrons. The number of hydrogen-bond donors (Lipinski definition) is 1. The molecule has 5 unspecified atom stereocenters. The second-order valence-corrected chi connectivity index (χ2v) is 6.65. The summed E-state index contributed by atoms with van der Waals surface area (Å²) in [6, 6.07) is 0.819. The molecule has 1 heterocycles. The monoisotopic (exact) mass is 253 g/mol.